The van der Waals surface area contributed by atoms with Crippen molar-refractivity contribution >= 4 is 15.8 Å². The zero-order valence-electron chi connectivity index (χ0n) is 8.66. The monoisotopic (exact) mass is 251 g/mol. The zero-order chi connectivity index (χ0) is 12.5. The predicted molar refractivity (Wildman–Crippen MR) is 61.4 cm³/mol. The van der Waals surface area contributed by atoms with Crippen molar-refractivity contribution in [3.05, 3.63) is 52.4 Å². The minimum absolute atomic E-state index is 0.145. The number of esters is 1. The summed E-state index contributed by atoms with van der Waals surface area (Å²) in [5, 5.41) is 0.405. The molecule has 2 N–H and O–H groups in total. The van der Waals surface area contributed by atoms with Gasteiger partial charge in [0.25, 0.3) is 0 Å². The quantitative estimate of drug-likeness (QED) is 0.617. The average molecular weight is 251 g/mol. The number of carbonyl (C=O) groups is 1. The highest BCUT2D eigenvalue weighted by Gasteiger charge is 2.26. The molecule has 2 rings (SSSR count). The largest absolute Gasteiger partial charge is 0.423 e. The van der Waals surface area contributed by atoms with Gasteiger partial charge in [-0.2, -0.15) is 0 Å². The van der Waals surface area contributed by atoms with Gasteiger partial charge in [-0.1, -0.05) is 18.2 Å². The molecule has 5 nitrogen and oxygen atoms in total. The van der Waals surface area contributed by atoms with Crippen molar-refractivity contribution in [2.75, 3.05) is 0 Å². The predicted octanol–water partition coefficient (Wildman–Crippen LogP) is 0.704. The first kappa shape index (κ1) is 11.4. The van der Waals surface area contributed by atoms with E-state index < -0.39 is 20.8 Å². The van der Waals surface area contributed by atoms with Crippen molar-refractivity contribution in [2.45, 2.75) is 0 Å². The van der Waals surface area contributed by atoms with Gasteiger partial charge in [-0.25, -0.2) is 13.2 Å². The lowest BCUT2D eigenvalue weighted by Crippen LogP contribution is -2.16. The molecule has 0 bridgehead atoms. The molecule has 1 aromatic carbocycles. The van der Waals surface area contributed by atoms with Crippen LogP contribution in [0.4, 0.5) is 0 Å². The molecule has 1 aliphatic rings. The van der Waals surface area contributed by atoms with Crippen LogP contribution in [0.25, 0.3) is 0 Å². The maximum atomic E-state index is 11.6. The van der Waals surface area contributed by atoms with Gasteiger partial charge >= 0.3 is 5.97 Å². The Morgan fingerprint density at radius 2 is 1.82 bits per heavy atom. The molecule has 1 heterocycles. The van der Waals surface area contributed by atoms with Gasteiger partial charge in [0, 0.05) is 5.41 Å². The summed E-state index contributed by atoms with van der Waals surface area (Å²) >= 11 is 0. The Bertz CT molecular complexity index is 614. The van der Waals surface area contributed by atoms with Gasteiger partial charge in [0.15, 0.2) is 0 Å². The van der Waals surface area contributed by atoms with E-state index in [9.17, 15) is 13.2 Å². The summed E-state index contributed by atoms with van der Waals surface area (Å²) in [6.45, 7) is 0. The molecule has 1 aliphatic heterocycles. The summed E-state index contributed by atoms with van der Waals surface area (Å²) in [4.78, 5) is 11.6. The SMILES string of the molecule is NC1=C(C(=O)Oc2ccccc2)C=CS1(=O)=O. The van der Waals surface area contributed by atoms with Crippen LogP contribution in [0.1, 0.15) is 0 Å². The molecule has 0 saturated carbocycles. The molecule has 0 fully saturated rings. The van der Waals surface area contributed by atoms with E-state index in [0.29, 0.717) is 5.75 Å². The molecule has 0 saturated heterocycles. The Morgan fingerprint density at radius 1 is 1.18 bits per heavy atom. The van der Waals surface area contributed by atoms with Crippen LogP contribution in [-0.2, 0) is 14.6 Å². The molecular formula is C11H9NO4S. The lowest BCUT2D eigenvalue weighted by Gasteiger charge is -2.03. The van der Waals surface area contributed by atoms with Crippen molar-refractivity contribution in [3.63, 3.8) is 0 Å². The highest BCUT2D eigenvalue weighted by Crippen LogP contribution is 2.21. The maximum absolute atomic E-state index is 11.6. The van der Waals surface area contributed by atoms with E-state index in [1.807, 2.05) is 0 Å². The van der Waals surface area contributed by atoms with Crippen molar-refractivity contribution in [1.29, 1.82) is 0 Å². The number of hydrogen-bond donors (Lipinski definition) is 1. The molecule has 17 heavy (non-hydrogen) atoms. The van der Waals surface area contributed by atoms with Crippen LogP contribution >= 0.6 is 0 Å². The molecule has 0 spiro atoms. The standard InChI is InChI=1S/C11H9NO4S/c12-10-9(6-7-17(10,14)15)11(13)16-8-4-2-1-3-5-8/h1-7H,12H2. The zero-order valence-corrected chi connectivity index (χ0v) is 9.48. The second-order valence-corrected chi connectivity index (χ2v) is 5.13. The highest BCUT2D eigenvalue weighted by atomic mass is 32.2. The van der Waals surface area contributed by atoms with Crippen molar-refractivity contribution in [1.82, 2.24) is 0 Å². The minimum atomic E-state index is -3.64. The molecule has 88 valence electrons. The first-order chi connectivity index (χ1) is 8.00. The number of sulfone groups is 1. The van der Waals surface area contributed by atoms with Crippen molar-refractivity contribution < 1.29 is 17.9 Å². The number of rotatable bonds is 2. The third-order valence-corrected chi connectivity index (χ3v) is 3.49. The third kappa shape index (κ3) is 2.21. The summed E-state index contributed by atoms with van der Waals surface area (Å²) in [7, 11) is -3.64. The second-order valence-electron chi connectivity index (χ2n) is 3.33. The van der Waals surface area contributed by atoms with Crippen LogP contribution in [0.2, 0.25) is 0 Å². The van der Waals surface area contributed by atoms with Crippen LogP contribution in [0.5, 0.6) is 5.75 Å². The Kier molecular flexibility index (Phi) is 2.72. The lowest BCUT2D eigenvalue weighted by molar-refractivity contribution is -0.129. The van der Waals surface area contributed by atoms with E-state index in [4.69, 9.17) is 10.5 Å². The Hall–Kier alpha value is -2.08. The number of benzene rings is 1. The first-order valence-electron chi connectivity index (χ1n) is 4.71. The fourth-order valence-corrected chi connectivity index (χ4v) is 2.21. The summed E-state index contributed by atoms with van der Waals surface area (Å²) < 4.78 is 27.5. The van der Waals surface area contributed by atoms with Gasteiger partial charge in [0.2, 0.25) is 9.84 Å². The molecule has 0 atom stereocenters. The normalized spacial score (nSPS) is 17.2. The average Bonchev–Trinajstić information content (AvgIpc) is 2.56. The van der Waals surface area contributed by atoms with Crippen LogP contribution in [0.3, 0.4) is 0 Å². The van der Waals surface area contributed by atoms with E-state index in [2.05, 4.69) is 0 Å². The topological polar surface area (TPSA) is 86.5 Å². The van der Waals surface area contributed by atoms with Crippen molar-refractivity contribution in [2.24, 2.45) is 5.73 Å². The third-order valence-electron chi connectivity index (χ3n) is 2.16. The van der Waals surface area contributed by atoms with Gasteiger partial charge in [-0.15, -0.1) is 0 Å². The summed E-state index contributed by atoms with van der Waals surface area (Å²) in [5.41, 5.74) is 5.20. The smallest absolute Gasteiger partial charge is 0.346 e. The number of ether oxygens (including phenoxy) is 1. The molecule has 0 unspecified atom stereocenters. The molecule has 1 aromatic rings. The fraction of sp³-hybridized carbons (Fsp3) is 0. The van der Waals surface area contributed by atoms with E-state index in [1.54, 1.807) is 30.3 Å². The maximum Gasteiger partial charge on any atom is 0.346 e. The first-order valence-corrected chi connectivity index (χ1v) is 6.25. The van der Waals surface area contributed by atoms with Gasteiger partial charge in [0.05, 0.1) is 5.57 Å². The minimum Gasteiger partial charge on any atom is -0.423 e. The van der Waals surface area contributed by atoms with E-state index in [1.165, 1.54) is 0 Å². The van der Waals surface area contributed by atoms with Crippen LogP contribution in [0, 0.1) is 0 Å². The van der Waals surface area contributed by atoms with Crippen LogP contribution in [-0.4, -0.2) is 14.4 Å². The number of nitrogens with two attached hydrogens (primary N) is 1. The van der Waals surface area contributed by atoms with E-state index in [0.717, 1.165) is 11.5 Å². The second kappa shape index (κ2) is 4.06. The molecular weight excluding hydrogens is 242 g/mol. The van der Waals surface area contributed by atoms with E-state index >= 15 is 0 Å². The number of carbonyl (C=O) groups excluding carboxylic acids is 1. The number of para-hydroxylation sites is 1. The summed E-state index contributed by atoms with van der Waals surface area (Å²) in [6, 6.07) is 8.33. The Balaban J connectivity index is 2.24. The number of hydrogen-bond acceptors (Lipinski definition) is 5. The van der Waals surface area contributed by atoms with E-state index in [-0.39, 0.29) is 5.57 Å². The Labute approximate surface area is 98.1 Å². The van der Waals surface area contributed by atoms with Crippen LogP contribution < -0.4 is 10.5 Å². The fourth-order valence-electron chi connectivity index (χ4n) is 1.29. The lowest BCUT2D eigenvalue weighted by atomic mass is 10.3. The Morgan fingerprint density at radius 3 is 2.35 bits per heavy atom. The molecule has 0 amide bonds. The van der Waals surface area contributed by atoms with Gasteiger partial charge in [0.1, 0.15) is 10.8 Å². The van der Waals surface area contributed by atoms with Gasteiger partial charge in [-0.05, 0) is 18.2 Å². The highest BCUT2D eigenvalue weighted by molar-refractivity contribution is 7.98. The van der Waals surface area contributed by atoms with Gasteiger partial charge < -0.3 is 10.5 Å². The van der Waals surface area contributed by atoms with Gasteiger partial charge in [-0.3, -0.25) is 0 Å². The molecule has 0 radical (unpaired) electrons. The van der Waals surface area contributed by atoms with Crippen LogP contribution in [0.15, 0.2) is 52.4 Å². The van der Waals surface area contributed by atoms with Crippen molar-refractivity contribution in [3.8, 4) is 5.75 Å². The molecule has 0 aromatic heterocycles. The molecule has 0 aliphatic carbocycles. The summed E-state index contributed by atoms with van der Waals surface area (Å²) in [5.74, 6) is -0.457. The summed E-state index contributed by atoms with van der Waals surface area (Å²) in [6.07, 6.45) is 1.13. The molecule has 6 heteroatoms.